The largest absolute Gasteiger partial charge is 0.289 e. The number of hydroxylamine groups is 1. The summed E-state index contributed by atoms with van der Waals surface area (Å²) in [5, 5.41) is 8.83. The molecule has 0 saturated carbocycles. The average molecular weight is 338 g/mol. The number of carbonyl (C=O) groups is 3. The maximum Gasteiger partial charge on any atom is 0.261 e. The van der Waals surface area contributed by atoms with E-state index in [0.717, 1.165) is 10.5 Å². The van der Waals surface area contributed by atoms with Gasteiger partial charge in [0.15, 0.2) is 0 Å². The second kappa shape index (κ2) is 7.27. The van der Waals surface area contributed by atoms with Crippen LogP contribution in [0.15, 0.2) is 54.6 Å². The molecule has 3 rings (SSSR count). The molecule has 0 bridgehead atoms. The number of amides is 3. The van der Waals surface area contributed by atoms with E-state index >= 15 is 0 Å². The molecule has 6 heteroatoms. The molecule has 0 fully saturated rings. The first-order valence-corrected chi connectivity index (χ1v) is 8.05. The summed E-state index contributed by atoms with van der Waals surface area (Å²) in [6.45, 7) is 0. The van der Waals surface area contributed by atoms with E-state index in [-0.39, 0.29) is 6.42 Å². The molecule has 25 heavy (non-hydrogen) atoms. The highest BCUT2D eigenvalue weighted by molar-refractivity contribution is 6.21. The van der Waals surface area contributed by atoms with Crippen molar-refractivity contribution >= 4 is 17.7 Å². The van der Waals surface area contributed by atoms with Crippen molar-refractivity contribution < 1.29 is 19.6 Å². The van der Waals surface area contributed by atoms with Crippen LogP contribution in [0.25, 0.3) is 0 Å². The number of imide groups is 1. The summed E-state index contributed by atoms with van der Waals surface area (Å²) < 4.78 is 0. The van der Waals surface area contributed by atoms with Gasteiger partial charge >= 0.3 is 0 Å². The predicted octanol–water partition coefficient (Wildman–Crippen LogP) is 2.18. The highest BCUT2D eigenvalue weighted by atomic mass is 16.5. The Morgan fingerprint density at radius 1 is 0.960 bits per heavy atom. The minimum atomic E-state index is -0.630. The lowest BCUT2D eigenvalue weighted by molar-refractivity contribution is -0.130. The summed E-state index contributed by atoms with van der Waals surface area (Å²) in [4.78, 5) is 38.1. The molecule has 1 aliphatic heterocycles. The number of nitrogens with one attached hydrogen (secondary N) is 1. The number of fused-ring (bicyclic) bond motifs is 1. The van der Waals surface area contributed by atoms with Crippen LogP contribution in [0.3, 0.4) is 0 Å². The summed E-state index contributed by atoms with van der Waals surface area (Å²) in [5.41, 5.74) is 3.33. The van der Waals surface area contributed by atoms with Crippen molar-refractivity contribution in [3.05, 3.63) is 71.3 Å². The smallest absolute Gasteiger partial charge is 0.261 e. The van der Waals surface area contributed by atoms with Crippen LogP contribution in [0.2, 0.25) is 0 Å². The Morgan fingerprint density at radius 3 is 2.08 bits per heavy atom. The Morgan fingerprint density at radius 2 is 1.52 bits per heavy atom. The Hall–Kier alpha value is -2.99. The third-order valence-electron chi connectivity index (χ3n) is 4.35. The molecule has 6 nitrogen and oxygen atoms in total. The van der Waals surface area contributed by atoms with Gasteiger partial charge in [0.25, 0.3) is 11.8 Å². The van der Waals surface area contributed by atoms with Crippen LogP contribution < -0.4 is 5.48 Å². The van der Waals surface area contributed by atoms with Gasteiger partial charge in [-0.05, 0) is 30.5 Å². The number of hydrogen-bond donors (Lipinski definition) is 2. The van der Waals surface area contributed by atoms with Crippen molar-refractivity contribution in [3.63, 3.8) is 0 Å². The highest BCUT2D eigenvalue weighted by Gasteiger charge is 2.40. The highest BCUT2D eigenvalue weighted by Crippen LogP contribution is 2.27. The van der Waals surface area contributed by atoms with Crippen molar-refractivity contribution in [1.82, 2.24) is 10.4 Å². The average Bonchev–Trinajstić information content (AvgIpc) is 2.90. The van der Waals surface area contributed by atoms with Crippen LogP contribution in [-0.4, -0.2) is 33.9 Å². The van der Waals surface area contributed by atoms with Crippen LogP contribution >= 0.6 is 0 Å². The normalized spacial score (nSPS) is 14.4. The maximum absolute atomic E-state index is 12.6. The monoisotopic (exact) mass is 338 g/mol. The first-order valence-electron chi connectivity index (χ1n) is 8.05. The molecule has 2 N–H and O–H groups in total. The molecule has 1 unspecified atom stereocenters. The van der Waals surface area contributed by atoms with E-state index in [9.17, 15) is 14.4 Å². The SMILES string of the molecule is O=C(CC(CCc1ccccc1)N1C(=O)c2ccccc2C1=O)NO. The van der Waals surface area contributed by atoms with E-state index < -0.39 is 23.8 Å². The molecule has 1 aliphatic rings. The predicted molar refractivity (Wildman–Crippen MR) is 90.0 cm³/mol. The Bertz CT molecular complexity index is 769. The van der Waals surface area contributed by atoms with Crippen LogP contribution in [0, 0.1) is 0 Å². The van der Waals surface area contributed by atoms with Crippen LogP contribution in [-0.2, 0) is 11.2 Å². The zero-order valence-electron chi connectivity index (χ0n) is 13.5. The van der Waals surface area contributed by atoms with Gasteiger partial charge < -0.3 is 0 Å². The first kappa shape index (κ1) is 16.9. The van der Waals surface area contributed by atoms with E-state index in [0.29, 0.717) is 24.0 Å². The number of hydrogen-bond acceptors (Lipinski definition) is 4. The zero-order chi connectivity index (χ0) is 17.8. The summed E-state index contributed by atoms with van der Waals surface area (Å²) >= 11 is 0. The lowest BCUT2D eigenvalue weighted by Gasteiger charge is -2.25. The summed E-state index contributed by atoms with van der Waals surface area (Å²) in [5.74, 6) is -1.43. The van der Waals surface area contributed by atoms with Gasteiger partial charge in [-0.25, -0.2) is 5.48 Å². The lowest BCUT2D eigenvalue weighted by Crippen LogP contribution is -2.43. The number of benzene rings is 2. The molecule has 2 aromatic carbocycles. The minimum Gasteiger partial charge on any atom is -0.289 e. The second-order valence-electron chi connectivity index (χ2n) is 5.94. The van der Waals surface area contributed by atoms with Crippen molar-refractivity contribution in [2.75, 3.05) is 0 Å². The van der Waals surface area contributed by atoms with Crippen molar-refractivity contribution in [3.8, 4) is 0 Å². The molecule has 1 heterocycles. The molecule has 128 valence electrons. The van der Waals surface area contributed by atoms with Crippen LogP contribution in [0.4, 0.5) is 0 Å². The molecular weight excluding hydrogens is 320 g/mol. The fourth-order valence-electron chi connectivity index (χ4n) is 3.10. The molecule has 0 saturated heterocycles. The minimum absolute atomic E-state index is 0.144. The van der Waals surface area contributed by atoms with Crippen LogP contribution in [0.1, 0.15) is 39.1 Å². The lowest BCUT2D eigenvalue weighted by atomic mass is 10.0. The van der Waals surface area contributed by atoms with E-state index in [1.807, 2.05) is 30.3 Å². The Kier molecular flexibility index (Phi) is 4.90. The quantitative estimate of drug-likeness (QED) is 0.480. The molecule has 0 radical (unpaired) electrons. The Balaban J connectivity index is 1.83. The Labute approximate surface area is 145 Å². The molecule has 0 aromatic heterocycles. The molecule has 2 aromatic rings. The molecule has 1 atom stereocenters. The molecule has 0 spiro atoms. The molecular formula is C19H18N2O4. The fourth-order valence-corrected chi connectivity index (χ4v) is 3.10. The van der Waals surface area contributed by atoms with Crippen molar-refractivity contribution in [2.24, 2.45) is 0 Å². The van der Waals surface area contributed by atoms with Gasteiger partial charge in [0.05, 0.1) is 11.1 Å². The summed E-state index contributed by atoms with van der Waals surface area (Å²) in [6.07, 6.45) is 0.898. The van der Waals surface area contributed by atoms with E-state index in [1.54, 1.807) is 29.7 Å². The van der Waals surface area contributed by atoms with Gasteiger partial charge in [-0.3, -0.25) is 24.5 Å². The van der Waals surface area contributed by atoms with Gasteiger partial charge in [-0.1, -0.05) is 42.5 Å². The van der Waals surface area contributed by atoms with E-state index in [2.05, 4.69) is 0 Å². The summed E-state index contributed by atoms with van der Waals surface area (Å²) in [7, 11) is 0. The van der Waals surface area contributed by atoms with Gasteiger partial charge in [0.2, 0.25) is 5.91 Å². The number of nitrogens with zero attached hydrogens (tertiary/aromatic N) is 1. The third-order valence-corrected chi connectivity index (χ3v) is 4.35. The van der Waals surface area contributed by atoms with Gasteiger partial charge in [0, 0.05) is 12.5 Å². The fraction of sp³-hybridized carbons (Fsp3) is 0.211. The standard InChI is InChI=1S/C19H18N2O4/c22-17(20-25)12-14(11-10-13-6-2-1-3-7-13)21-18(23)15-8-4-5-9-16(15)19(21)24/h1-9,14,25H,10-12H2,(H,20,22). The number of rotatable bonds is 6. The van der Waals surface area contributed by atoms with Gasteiger partial charge in [0.1, 0.15) is 0 Å². The third kappa shape index (κ3) is 3.44. The number of aryl methyl sites for hydroxylation is 1. The molecule has 3 amide bonds. The summed E-state index contributed by atoms with van der Waals surface area (Å²) in [6, 6.07) is 15.6. The van der Waals surface area contributed by atoms with Gasteiger partial charge in [-0.2, -0.15) is 0 Å². The van der Waals surface area contributed by atoms with E-state index in [1.165, 1.54) is 0 Å². The zero-order valence-corrected chi connectivity index (χ0v) is 13.5. The van der Waals surface area contributed by atoms with Crippen molar-refractivity contribution in [2.45, 2.75) is 25.3 Å². The molecule has 0 aliphatic carbocycles. The van der Waals surface area contributed by atoms with Gasteiger partial charge in [-0.15, -0.1) is 0 Å². The van der Waals surface area contributed by atoms with Crippen LogP contribution in [0.5, 0.6) is 0 Å². The number of carbonyl (C=O) groups excluding carboxylic acids is 3. The first-order chi connectivity index (χ1) is 12.1. The second-order valence-corrected chi connectivity index (χ2v) is 5.94. The maximum atomic E-state index is 12.6. The van der Waals surface area contributed by atoms with E-state index in [4.69, 9.17) is 5.21 Å². The van der Waals surface area contributed by atoms with Crippen molar-refractivity contribution in [1.29, 1.82) is 0 Å². The topological polar surface area (TPSA) is 86.7 Å².